The first-order valence-electron chi connectivity index (χ1n) is 9.78. The lowest BCUT2D eigenvalue weighted by Crippen LogP contribution is -2.23. The molecule has 0 saturated carbocycles. The molecule has 1 aliphatic heterocycles. The number of rotatable bonds is 3. The van der Waals surface area contributed by atoms with Gasteiger partial charge in [-0.1, -0.05) is 20.8 Å². The molecule has 2 aromatic heterocycles. The standard InChI is InChI=1S/C21H24N6O4/c1-11-12(2)22-19(25-18(11)28)27-17(9-16(26-27)21(3,4)5)24-20(29)23-13-6-7-14-15(8-13)31-10-30-14/h6-9H,10H2,1-5H3,(H,22,25,28)(H2,23,24,29). The van der Waals surface area contributed by atoms with Crippen LogP contribution in [0.25, 0.3) is 5.95 Å². The lowest BCUT2D eigenvalue weighted by Gasteiger charge is -2.14. The predicted molar refractivity (Wildman–Crippen MR) is 115 cm³/mol. The van der Waals surface area contributed by atoms with Crippen molar-refractivity contribution in [3.8, 4) is 17.4 Å². The Hall–Kier alpha value is -3.82. The third-order valence-electron chi connectivity index (χ3n) is 4.93. The summed E-state index contributed by atoms with van der Waals surface area (Å²) in [6.07, 6.45) is 0. The topological polar surface area (TPSA) is 123 Å². The van der Waals surface area contributed by atoms with Gasteiger partial charge < -0.3 is 14.8 Å². The average molecular weight is 424 g/mol. The van der Waals surface area contributed by atoms with Crippen LogP contribution in [0.3, 0.4) is 0 Å². The van der Waals surface area contributed by atoms with Gasteiger partial charge in [0, 0.05) is 34.5 Å². The highest BCUT2D eigenvalue weighted by atomic mass is 16.7. The molecule has 0 atom stereocenters. The predicted octanol–water partition coefficient (Wildman–Crippen LogP) is 3.24. The number of urea groups is 1. The number of hydrogen-bond donors (Lipinski definition) is 3. The Labute approximate surface area is 178 Å². The van der Waals surface area contributed by atoms with Crippen molar-refractivity contribution in [2.24, 2.45) is 0 Å². The summed E-state index contributed by atoms with van der Waals surface area (Å²) in [5.74, 6) is 1.79. The van der Waals surface area contributed by atoms with Crippen molar-refractivity contribution in [1.82, 2.24) is 19.7 Å². The Balaban J connectivity index is 1.65. The highest BCUT2D eigenvalue weighted by Crippen LogP contribution is 2.34. The van der Waals surface area contributed by atoms with Crippen LogP contribution in [0.5, 0.6) is 11.5 Å². The molecule has 1 aliphatic rings. The maximum absolute atomic E-state index is 12.7. The third-order valence-corrected chi connectivity index (χ3v) is 4.93. The molecule has 3 aromatic rings. The van der Waals surface area contributed by atoms with Gasteiger partial charge >= 0.3 is 6.03 Å². The molecule has 2 amide bonds. The molecule has 0 radical (unpaired) electrons. The monoisotopic (exact) mass is 424 g/mol. The van der Waals surface area contributed by atoms with Crippen LogP contribution in [0, 0.1) is 13.8 Å². The number of aromatic amines is 1. The fraction of sp³-hybridized carbons (Fsp3) is 0.333. The highest BCUT2D eigenvalue weighted by molar-refractivity contribution is 5.99. The van der Waals surface area contributed by atoms with E-state index in [4.69, 9.17) is 9.47 Å². The molecule has 0 spiro atoms. The van der Waals surface area contributed by atoms with Crippen molar-refractivity contribution in [1.29, 1.82) is 0 Å². The van der Waals surface area contributed by atoms with Gasteiger partial charge in [-0.2, -0.15) is 9.78 Å². The minimum atomic E-state index is -0.480. The number of aryl methyl sites for hydroxylation is 1. The summed E-state index contributed by atoms with van der Waals surface area (Å²) in [6.45, 7) is 9.63. The van der Waals surface area contributed by atoms with Crippen LogP contribution in [0.1, 0.15) is 37.7 Å². The van der Waals surface area contributed by atoms with E-state index in [2.05, 4.69) is 25.7 Å². The molecule has 4 rings (SSSR count). The average Bonchev–Trinajstić information content (AvgIpc) is 3.32. The third kappa shape index (κ3) is 4.09. The number of benzene rings is 1. The van der Waals surface area contributed by atoms with Gasteiger partial charge in [-0.25, -0.2) is 9.78 Å². The molecule has 10 nitrogen and oxygen atoms in total. The van der Waals surface area contributed by atoms with Crippen molar-refractivity contribution >= 4 is 17.5 Å². The first kappa shape index (κ1) is 20.5. The molecule has 3 heterocycles. The molecular weight excluding hydrogens is 400 g/mol. The Morgan fingerprint density at radius 2 is 1.87 bits per heavy atom. The first-order valence-corrected chi connectivity index (χ1v) is 9.78. The van der Waals surface area contributed by atoms with E-state index < -0.39 is 6.03 Å². The number of nitrogens with one attached hydrogen (secondary N) is 3. The molecule has 0 aliphatic carbocycles. The number of carbonyl (C=O) groups is 1. The van der Waals surface area contributed by atoms with Crippen LogP contribution in [0.15, 0.2) is 29.1 Å². The molecule has 10 heteroatoms. The van der Waals surface area contributed by atoms with Crippen LogP contribution < -0.4 is 25.7 Å². The SMILES string of the molecule is Cc1nc(-n2nc(C(C)(C)C)cc2NC(=O)Nc2ccc3c(c2)OCO3)[nH]c(=O)c1C. The molecule has 0 fully saturated rings. The smallest absolute Gasteiger partial charge is 0.324 e. The number of aromatic nitrogens is 4. The van der Waals surface area contributed by atoms with Crippen LogP contribution in [-0.2, 0) is 5.41 Å². The van der Waals surface area contributed by atoms with Gasteiger partial charge in [0.05, 0.1) is 5.69 Å². The number of ether oxygens (including phenoxy) is 2. The van der Waals surface area contributed by atoms with E-state index >= 15 is 0 Å². The lowest BCUT2D eigenvalue weighted by molar-refractivity contribution is 0.174. The quantitative estimate of drug-likeness (QED) is 0.593. The van der Waals surface area contributed by atoms with E-state index in [1.54, 1.807) is 38.1 Å². The number of hydrogen-bond acceptors (Lipinski definition) is 6. The second-order valence-electron chi connectivity index (χ2n) is 8.32. The number of amides is 2. The van der Waals surface area contributed by atoms with Gasteiger partial charge in [0.15, 0.2) is 11.5 Å². The van der Waals surface area contributed by atoms with Gasteiger partial charge in [-0.15, -0.1) is 0 Å². The maximum atomic E-state index is 12.7. The Morgan fingerprint density at radius 3 is 2.58 bits per heavy atom. The molecule has 0 bridgehead atoms. The zero-order valence-electron chi connectivity index (χ0n) is 18.0. The van der Waals surface area contributed by atoms with Crippen molar-refractivity contribution in [2.75, 3.05) is 17.4 Å². The minimum Gasteiger partial charge on any atom is -0.454 e. The Bertz CT molecular complexity index is 1220. The number of fused-ring (bicyclic) bond motifs is 1. The van der Waals surface area contributed by atoms with Crippen LogP contribution in [0.2, 0.25) is 0 Å². The summed E-state index contributed by atoms with van der Waals surface area (Å²) in [5, 5.41) is 10.1. The fourth-order valence-corrected chi connectivity index (χ4v) is 2.98. The van der Waals surface area contributed by atoms with Gasteiger partial charge in [0.25, 0.3) is 5.56 Å². The largest absolute Gasteiger partial charge is 0.454 e. The molecule has 3 N–H and O–H groups in total. The van der Waals surface area contributed by atoms with Crippen LogP contribution in [-0.4, -0.2) is 32.6 Å². The van der Waals surface area contributed by atoms with Crippen LogP contribution >= 0.6 is 0 Å². The van der Waals surface area contributed by atoms with Gasteiger partial charge in [-0.3, -0.25) is 15.1 Å². The molecule has 162 valence electrons. The number of carbonyl (C=O) groups excluding carboxylic acids is 1. The molecule has 0 unspecified atom stereocenters. The van der Waals surface area contributed by atoms with Crippen molar-refractivity contribution in [3.05, 3.63) is 51.6 Å². The van der Waals surface area contributed by atoms with E-state index in [9.17, 15) is 9.59 Å². The zero-order valence-corrected chi connectivity index (χ0v) is 18.0. The van der Waals surface area contributed by atoms with Crippen molar-refractivity contribution in [3.63, 3.8) is 0 Å². The normalized spacial score (nSPS) is 12.7. The van der Waals surface area contributed by atoms with E-state index in [0.29, 0.717) is 34.3 Å². The van der Waals surface area contributed by atoms with Crippen molar-refractivity contribution < 1.29 is 14.3 Å². The Kier molecular flexibility index (Phi) is 4.92. The number of nitrogens with zero attached hydrogens (tertiary/aromatic N) is 3. The molecule has 31 heavy (non-hydrogen) atoms. The first-order chi connectivity index (χ1) is 14.6. The lowest BCUT2D eigenvalue weighted by atomic mass is 9.92. The summed E-state index contributed by atoms with van der Waals surface area (Å²) in [7, 11) is 0. The Morgan fingerprint density at radius 1 is 1.13 bits per heavy atom. The summed E-state index contributed by atoms with van der Waals surface area (Å²) in [5.41, 5.74) is 1.85. The summed E-state index contributed by atoms with van der Waals surface area (Å²) < 4.78 is 12.0. The highest BCUT2D eigenvalue weighted by Gasteiger charge is 2.23. The zero-order chi connectivity index (χ0) is 22.3. The maximum Gasteiger partial charge on any atom is 0.324 e. The second kappa shape index (κ2) is 7.46. The van der Waals surface area contributed by atoms with E-state index in [1.165, 1.54) is 4.68 Å². The molecular formula is C21H24N6O4. The second-order valence-corrected chi connectivity index (χ2v) is 8.32. The van der Waals surface area contributed by atoms with Gasteiger partial charge in [0.2, 0.25) is 12.7 Å². The van der Waals surface area contributed by atoms with E-state index in [-0.39, 0.29) is 23.7 Å². The fourth-order valence-electron chi connectivity index (χ4n) is 2.98. The molecule has 1 aromatic carbocycles. The van der Waals surface area contributed by atoms with Crippen molar-refractivity contribution in [2.45, 2.75) is 40.0 Å². The van der Waals surface area contributed by atoms with Gasteiger partial charge in [0.1, 0.15) is 5.82 Å². The number of H-pyrrole nitrogens is 1. The molecule has 0 saturated heterocycles. The number of anilines is 2. The summed E-state index contributed by atoms with van der Waals surface area (Å²) in [4.78, 5) is 32.1. The van der Waals surface area contributed by atoms with Crippen LogP contribution in [0.4, 0.5) is 16.3 Å². The minimum absolute atomic E-state index is 0.154. The summed E-state index contributed by atoms with van der Waals surface area (Å²) in [6, 6.07) is 6.40. The van der Waals surface area contributed by atoms with E-state index in [1.807, 2.05) is 20.8 Å². The van der Waals surface area contributed by atoms with E-state index in [0.717, 1.165) is 5.69 Å². The van der Waals surface area contributed by atoms with Gasteiger partial charge in [-0.05, 0) is 26.0 Å². The summed E-state index contributed by atoms with van der Waals surface area (Å²) >= 11 is 0.